The van der Waals surface area contributed by atoms with Crippen LogP contribution in [0.25, 0.3) is 0 Å². The molecule has 0 aromatic heterocycles. The highest BCUT2D eigenvalue weighted by molar-refractivity contribution is 7.91. The average Bonchev–Trinajstić information content (AvgIpc) is 2.45. The number of rotatable bonds is 5. The minimum absolute atomic E-state index is 0.0226. The Labute approximate surface area is 101 Å². The number of likely N-dealkylation sites (N-methyl/N-ethyl adjacent to an activating group) is 1. The molecule has 7 heteroatoms. The van der Waals surface area contributed by atoms with Crippen molar-refractivity contribution in [3.63, 3.8) is 0 Å². The summed E-state index contributed by atoms with van der Waals surface area (Å²) in [4.78, 5) is 23.9. The van der Waals surface area contributed by atoms with E-state index in [1.54, 1.807) is 13.8 Å². The summed E-state index contributed by atoms with van der Waals surface area (Å²) < 4.78 is 22.8. The molecule has 0 aliphatic carbocycles. The molecule has 17 heavy (non-hydrogen) atoms. The van der Waals surface area contributed by atoms with Crippen LogP contribution in [0.2, 0.25) is 0 Å². The maximum atomic E-state index is 11.6. The minimum atomic E-state index is -3.08. The third kappa shape index (κ3) is 3.50. The van der Waals surface area contributed by atoms with Crippen molar-refractivity contribution in [2.24, 2.45) is 0 Å². The van der Waals surface area contributed by atoms with E-state index in [0.717, 1.165) is 4.90 Å². The Hall–Kier alpha value is -0.950. The number of carbonyl (C=O) groups excluding carboxylic acids is 2. The summed E-state index contributed by atoms with van der Waals surface area (Å²) >= 11 is 0. The van der Waals surface area contributed by atoms with Gasteiger partial charge >= 0.3 is 0 Å². The van der Waals surface area contributed by atoms with Crippen molar-refractivity contribution in [2.75, 3.05) is 18.6 Å². The molecule has 0 spiro atoms. The van der Waals surface area contributed by atoms with E-state index in [9.17, 15) is 18.0 Å². The number of likely N-dealkylation sites (tertiary alicyclic amines) is 1. The second-order valence-corrected chi connectivity index (χ2v) is 6.71. The monoisotopic (exact) mass is 262 g/mol. The normalized spacial score (nSPS) is 23.2. The van der Waals surface area contributed by atoms with Crippen LogP contribution in [0, 0.1) is 0 Å². The van der Waals surface area contributed by atoms with Gasteiger partial charge in [-0.25, -0.2) is 8.42 Å². The second-order valence-electron chi connectivity index (χ2n) is 4.31. The largest absolute Gasteiger partial charge is 0.302 e. The van der Waals surface area contributed by atoms with Crippen LogP contribution in [0.3, 0.4) is 0 Å². The Morgan fingerprint density at radius 2 is 2.06 bits per heavy atom. The van der Waals surface area contributed by atoms with Gasteiger partial charge in [-0.05, 0) is 6.92 Å². The highest BCUT2D eigenvalue weighted by Gasteiger charge is 2.36. The van der Waals surface area contributed by atoms with E-state index in [0.29, 0.717) is 0 Å². The first-order valence-electron chi connectivity index (χ1n) is 5.53. The van der Waals surface area contributed by atoms with Crippen LogP contribution in [0.5, 0.6) is 0 Å². The van der Waals surface area contributed by atoms with E-state index in [2.05, 4.69) is 5.32 Å². The van der Waals surface area contributed by atoms with Gasteiger partial charge in [-0.2, -0.15) is 0 Å². The molecule has 1 heterocycles. The lowest BCUT2D eigenvalue weighted by atomic mass is 10.2. The summed E-state index contributed by atoms with van der Waals surface area (Å²) in [6.07, 6.45) is 0.103. The number of imide groups is 1. The zero-order chi connectivity index (χ0) is 13.2. The Morgan fingerprint density at radius 3 is 2.47 bits per heavy atom. The van der Waals surface area contributed by atoms with Gasteiger partial charge in [0.1, 0.15) is 0 Å². The molecule has 98 valence electrons. The van der Waals surface area contributed by atoms with Gasteiger partial charge in [0.15, 0.2) is 9.84 Å². The summed E-state index contributed by atoms with van der Waals surface area (Å²) in [6, 6.07) is -0.928. The summed E-state index contributed by atoms with van der Waals surface area (Å²) in [7, 11) is -1.65. The van der Waals surface area contributed by atoms with Crippen molar-refractivity contribution in [1.29, 1.82) is 0 Å². The Morgan fingerprint density at radius 1 is 1.47 bits per heavy atom. The predicted molar refractivity (Wildman–Crippen MR) is 63.1 cm³/mol. The van der Waals surface area contributed by atoms with Gasteiger partial charge in [0, 0.05) is 18.8 Å². The molecule has 6 nitrogen and oxygen atoms in total. The van der Waals surface area contributed by atoms with Crippen molar-refractivity contribution >= 4 is 21.7 Å². The fourth-order valence-electron chi connectivity index (χ4n) is 1.78. The molecule has 1 aliphatic rings. The fraction of sp³-hybridized carbons (Fsp3) is 0.800. The summed E-state index contributed by atoms with van der Waals surface area (Å²) in [6.45, 7) is 3.28. The molecule has 0 bridgehead atoms. The zero-order valence-electron chi connectivity index (χ0n) is 10.3. The van der Waals surface area contributed by atoms with Crippen molar-refractivity contribution in [2.45, 2.75) is 32.4 Å². The van der Waals surface area contributed by atoms with Gasteiger partial charge in [-0.1, -0.05) is 6.92 Å². The van der Waals surface area contributed by atoms with Gasteiger partial charge in [0.2, 0.25) is 11.8 Å². The minimum Gasteiger partial charge on any atom is -0.302 e. The SMILES string of the molecule is CCS(=O)(=O)CC(C)NC1CC(=O)N(C)C1=O. The molecule has 0 aromatic carbocycles. The molecule has 1 rings (SSSR count). The molecule has 0 radical (unpaired) electrons. The number of amides is 2. The van der Waals surface area contributed by atoms with E-state index in [4.69, 9.17) is 0 Å². The molecule has 1 N–H and O–H groups in total. The van der Waals surface area contributed by atoms with Crippen molar-refractivity contribution in [1.82, 2.24) is 10.2 Å². The molecule has 1 fully saturated rings. The van der Waals surface area contributed by atoms with E-state index in [1.807, 2.05) is 0 Å². The van der Waals surface area contributed by atoms with E-state index >= 15 is 0 Å². The molecule has 0 aromatic rings. The lowest BCUT2D eigenvalue weighted by Gasteiger charge is -2.17. The number of sulfone groups is 1. The smallest absolute Gasteiger partial charge is 0.246 e. The maximum Gasteiger partial charge on any atom is 0.246 e. The van der Waals surface area contributed by atoms with E-state index < -0.39 is 15.9 Å². The Bertz CT molecular complexity index is 418. The quantitative estimate of drug-likeness (QED) is 0.653. The summed E-state index contributed by atoms with van der Waals surface area (Å²) in [5, 5.41) is 2.89. The molecule has 0 saturated carbocycles. The molecule has 2 atom stereocenters. The molecule has 1 aliphatic heterocycles. The van der Waals surface area contributed by atoms with Crippen molar-refractivity contribution in [3.8, 4) is 0 Å². The Balaban J connectivity index is 2.56. The van der Waals surface area contributed by atoms with Crippen LogP contribution in [0.15, 0.2) is 0 Å². The first-order valence-corrected chi connectivity index (χ1v) is 7.36. The van der Waals surface area contributed by atoms with Crippen molar-refractivity contribution < 1.29 is 18.0 Å². The lowest BCUT2D eigenvalue weighted by Crippen LogP contribution is -2.44. The van der Waals surface area contributed by atoms with Gasteiger partial charge in [0.25, 0.3) is 0 Å². The number of nitrogens with one attached hydrogen (secondary N) is 1. The summed E-state index contributed by atoms with van der Waals surface area (Å²) in [5.74, 6) is -0.476. The number of nitrogens with zero attached hydrogens (tertiary/aromatic N) is 1. The second kappa shape index (κ2) is 5.14. The molecule has 2 amide bonds. The first-order chi connectivity index (χ1) is 7.76. The van der Waals surface area contributed by atoms with Gasteiger partial charge in [-0.3, -0.25) is 14.5 Å². The van der Waals surface area contributed by atoms with Crippen LogP contribution >= 0.6 is 0 Å². The van der Waals surface area contributed by atoms with Crippen molar-refractivity contribution in [3.05, 3.63) is 0 Å². The van der Waals surface area contributed by atoms with Crippen LogP contribution in [-0.2, 0) is 19.4 Å². The highest BCUT2D eigenvalue weighted by atomic mass is 32.2. The number of hydrogen-bond donors (Lipinski definition) is 1. The average molecular weight is 262 g/mol. The molecular formula is C10H18N2O4S. The molecule has 1 saturated heterocycles. The third-order valence-electron chi connectivity index (χ3n) is 2.81. The van der Waals surface area contributed by atoms with E-state index in [-0.39, 0.29) is 35.8 Å². The third-order valence-corrected chi connectivity index (χ3v) is 4.70. The fourth-order valence-corrected chi connectivity index (χ4v) is 2.87. The summed E-state index contributed by atoms with van der Waals surface area (Å²) in [5.41, 5.74) is 0. The van der Waals surface area contributed by atoms with Gasteiger partial charge in [0.05, 0.1) is 18.2 Å². The lowest BCUT2D eigenvalue weighted by molar-refractivity contribution is -0.137. The van der Waals surface area contributed by atoms with Crippen LogP contribution < -0.4 is 5.32 Å². The topological polar surface area (TPSA) is 83.6 Å². The van der Waals surface area contributed by atoms with Crippen LogP contribution in [0.4, 0.5) is 0 Å². The van der Waals surface area contributed by atoms with Crippen LogP contribution in [0.1, 0.15) is 20.3 Å². The molecular weight excluding hydrogens is 244 g/mol. The molecule has 2 unspecified atom stereocenters. The number of carbonyl (C=O) groups is 2. The maximum absolute atomic E-state index is 11.6. The predicted octanol–water partition coefficient (Wildman–Crippen LogP) is -0.843. The van der Waals surface area contributed by atoms with E-state index in [1.165, 1.54) is 7.05 Å². The first kappa shape index (κ1) is 14.1. The van der Waals surface area contributed by atoms with Gasteiger partial charge in [-0.15, -0.1) is 0 Å². The zero-order valence-corrected chi connectivity index (χ0v) is 11.1. The highest BCUT2D eigenvalue weighted by Crippen LogP contribution is 2.11. The van der Waals surface area contributed by atoms with Crippen LogP contribution in [-0.4, -0.2) is 55.8 Å². The number of hydrogen-bond acceptors (Lipinski definition) is 5. The standard InChI is InChI=1S/C10H18N2O4S/c1-4-17(15,16)6-7(2)11-8-5-9(13)12(3)10(8)14/h7-8,11H,4-6H2,1-3H3. The van der Waals surface area contributed by atoms with Gasteiger partial charge < -0.3 is 5.32 Å². The Kier molecular flexibility index (Phi) is 4.26.